The summed E-state index contributed by atoms with van der Waals surface area (Å²) in [6.07, 6.45) is -0.385. The summed E-state index contributed by atoms with van der Waals surface area (Å²) in [6.45, 7) is 0.408. The molecule has 1 heterocycles. The number of benzene rings is 1. The van der Waals surface area contributed by atoms with Gasteiger partial charge in [0.15, 0.2) is 0 Å². The first-order chi connectivity index (χ1) is 11.4. The summed E-state index contributed by atoms with van der Waals surface area (Å²) in [6, 6.07) is 8.40. The maximum Gasteiger partial charge on any atom is 0.421 e. The predicted molar refractivity (Wildman–Crippen MR) is 85.7 cm³/mol. The van der Waals surface area contributed by atoms with Gasteiger partial charge in [0.25, 0.3) is 0 Å². The number of carbonyl (C=O) groups is 2. The average molecular weight is 356 g/mol. The van der Waals surface area contributed by atoms with Gasteiger partial charge in [0, 0.05) is 6.54 Å². The molecule has 132 valence electrons. The molecule has 1 N–H and O–H groups in total. The fourth-order valence-electron chi connectivity index (χ4n) is 2.54. The van der Waals surface area contributed by atoms with E-state index >= 15 is 0 Å². The molecule has 0 aromatic heterocycles. The monoisotopic (exact) mass is 356 g/mol. The fourth-order valence-corrected chi connectivity index (χ4v) is 3.79. The molecular weight excluding hydrogens is 336 g/mol. The molecule has 1 aliphatic rings. The van der Waals surface area contributed by atoms with Gasteiger partial charge in [0.05, 0.1) is 18.9 Å². The Hall–Kier alpha value is -2.29. The molecule has 8 nitrogen and oxygen atoms in total. The van der Waals surface area contributed by atoms with Gasteiger partial charge in [-0.25, -0.2) is 22.7 Å². The quantitative estimate of drug-likeness (QED) is 0.857. The molecule has 9 heteroatoms. The Morgan fingerprint density at radius 1 is 1.29 bits per heavy atom. The van der Waals surface area contributed by atoms with Crippen LogP contribution in [0, 0.1) is 0 Å². The van der Waals surface area contributed by atoms with Crippen LogP contribution in [0.2, 0.25) is 0 Å². The van der Waals surface area contributed by atoms with Gasteiger partial charge in [0.2, 0.25) is 10.0 Å². The van der Waals surface area contributed by atoms with Crippen LogP contribution >= 0.6 is 0 Å². The van der Waals surface area contributed by atoms with Crippen LogP contribution in [-0.2, 0) is 26.1 Å². The van der Waals surface area contributed by atoms with Crippen LogP contribution in [0.25, 0.3) is 0 Å². The minimum absolute atomic E-state index is 0.0279. The molecule has 1 atom stereocenters. The van der Waals surface area contributed by atoms with Crippen LogP contribution in [0.4, 0.5) is 9.59 Å². The van der Waals surface area contributed by atoms with Crippen molar-refractivity contribution in [3.63, 3.8) is 0 Å². The zero-order valence-electron chi connectivity index (χ0n) is 13.3. The van der Waals surface area contributed by atoms with E-state index in [0.717, 1.165) is 5.56 Å². The van der Waals surface area contributed by atoms with E-state index in [2.05, 4.69) is 4.74 Å². The minimum Gasteiger partial charge on any atom is -0.453 e. The van der Waals surface area contributed by atoms with Crippen LogP contribution in [0.5, 0.6) is 0 Å². The molecule has 1 saturated heterocycles. The average Bonchev–Trinajstić information content (AvgIpc) is 3.00. The number of sulfonamides is 1. The lowest BCUT2D eigenvalue weighted by Crippen LogP contribution is -2.43. The van der Waals surface area contributed by atoms with Crippen molar-refractivity contribution < 1.29 is 27.5 Å². The SMILES string of the molecule is COC(=O)N1CCC[C@H]1CS(=O)(=O)NC(=O)OCc1ccccc1. The summed E-state index contributed by atoms with van der Waals surface area (Å²) in [7, 11) is -2.68. The molecule has 1 aromatic rings. The number of hydrogen-bond acceptors (Lipinski definition) is 6. The van der Waals surface area contributed by atoms with Crippen LogP contribution < -0.4 is 4.72 Å². The summed E-state index contributed by atoms with van der Waals surface area (Å²) in [5.74, 6) is -0.372. The molecule has 0 radical (unpaired) electrons. The molecule has 24 heavy (non-hydrogen) atoms. The number of nitrogens with zero attached hydrogens (tertiary/aromatic N) is 1. The maximum absolute atomic E-state index is 12.1. The minimum atomic E-state index is -3.92. The molecule has 0 bridgehead atoms. The molecule has 0 spiro atoms. The van der Waals surface area contributed by atoms with Crippen LogP contribution in [0.1, 0.15) is 18.4 Å². The van der Waals surface area contributed by atoms with E-state index in [1.54, 1.807) is 24.3 Å². The second kappa shape index (κ2) is 8.00. The number of nitrogens with one attached hydrogen (secondary N) is 1. The van der Waals surface area contributed by atoms with E-state index in [9.17, 15) is 18.0 Å². The Labute approximate surface area is 140 Å². The van der Waals surface area contributed by atoms with Gasteiger partial charge in [-0.15, -0.1) is 0 Å². The Morgan fingerprint density at radius 3 is 2.67 bits per heavy atom. The van der Waals surface area contributed by atoms with Crippen molar-refractivity contribution in [1.82, 2.24) is 9.62 Å². The third kappa shape index (κ3) is 5.12. The number of methoxy groups -OCH3 is 1. The van der Waals surface area contributed by atoms with E-state index in [-0.39, 0.29) is 12.4 Å². The lowest BCUT2D eigenvalue weighted by Gasteiger charge is -2.22. The van der Waals surface area contributed by atoms with Crippen molar-refractivity contribution in [1.29, 1.82) is 0 Å². The van der Waals surface area contributed by atoms with Crippen LogP contribution in [0.3, 0.4) is 0 Å². The molecule has 1 aromatic carbocycles. The zero-order chi connectivity index (χ0) is 17.6. The molecule has 2 rings (SSSR count). The van der Waals surface area contributed by atoms with Crippen molar-refractivity contribution in [3.05, 3.63) is 35.9 Å². The second-order valence-corrected chi connectivity index (χ2v) is 7.17. The predicted octanol–water partition coefficient (Wildman–Crippen LogP) is 1.47. The number of likely N-dealkylation sites (tertiary alicyclic amines) is 1. The number of rotatable bonds is 5. The third-order valence-electron chi connectivity index (χ3n) is 3.65. The molecule has 2 amide bonds. The van der Waals surface area contributed by atoms with Crippen molar-refractivity contribution in [2.24, 2.45) is 0 Å². The van der Waals surface area contributed by atoms with Gasteiger partial charge in [0.1, 0.15) is 6.61 Å². The molecular formula is C15H20N2O6S. The van der Waals surface area contributed by atoms with Crippen molar-refractivity contribution >= 4 is 22.2 Å². The maximum atomic E-state index is 12.1. The first-order valence-corrected chi connectivity index (χ1v) is 9.12. The Bertz CT molecular complexity index is 676. The molecule has 1 aliphatic heterocycles. The molecule has 0 unspecified atom stereocenters. The molecule has 0 saturated carbocycles. The van der Waals surface area contributed by atoms with E-state index < -0.39 is 28.3 Å². The van der Waals surface area contributed by atoms with E-state index in [1.807, 2.05) is 10.8 Å². The van der Waals surface area contributed by atoms with Crippen molar-refractivity contribution in [2.45, 2.75) is 25.5 Å². The van der Waals surface area contributed by atoms with Gasteiger partial charge >= 0.3 is 12.2 Å². The fraction of sp³-hybridized carbons (Fsp3) is 0.467. The number of carbonyl (C=O) groups excluding carboxylic acids is 2. The summed E-state index contributed by atoms with van der Waals surface area (Å²) < 4.78 is 35.5. The normalized spacial score (nSPS) is 17.4. The Kier molecular flexibility index (Phi) is 6.02. The van der Waals surface area contributed by atoms with Gasteiger partial charge in [-0.3, -0.25) is 0 Å². The molecule has 1 fully saturated rings. The summed E-state index contributed by atoms with van der Waals surface area (Å²) in [5.41, 5.74) is 0.748. The first kappa shape index (κ1) is 18.1. The summed E-state index contributed by atoms with van der Waals surface area (Å²) >= 11 is 0. The smallest absolute Gasteiger partial charge is 0.421 e. The topological polar surface area (TPSA) is 102 Å². The highest BCUT2D eigenvalue weighted by molar-refractivity contribution is 7.90. The van der Waals surface area contributed by atoms with Gasteiger partial charge in [-0.1, -0.05) is 30.3 Å². The van der Waals surface area contributed by atoms with Gasteiger partial charge in [-0.2, -0.15) is 0 Å². The van der Waals surface area contributed by atoms with Gasteiger partial charge in [-0.05, 0) is 18.4 Å². The Balaban J connectivity index is 1.86. The third-order valence-corrected chi connectivity index (χ3v) is 4.95. The first-order valence-electron chi connectivity index (χ1n) is 7.47. The van der Waals surface area contributed by atoms with Crippen LogP contribution in [0.15, 0.2) is 30.3 Å². The van der Waals surface area contributed by atoms with E-state index in [1.165, 1.54) is 12.0 Å². The summed E-state index contributed by atoms with van der Waals surface area (Å²) in [5, 5.41) is 0. The highest BCUT2D eigenvalue weighted by Crippen LogP contribution is 2.19. The van der Waals surface area contributed by atoms with Crippen LogP contribution in [-0.4, -0.2) is 51.0 Å². The summed E-state index contributed by atoms with van der Waals surface area (Å²) in [4.78, 5) is 24.6. The lowest BCUT2D eigenvalue weighted by atomic mass is 10.2. The second-order valence-electron chi connectivity index (χ2n) is 5.40. The van der Waals surface area contributed by atoms with E-state index in [4.69, 9.17) is 4.74 Å². The highest BCUT2D eigenvalue weighted by Gasteiger charge is 2.33. The highest BCUT2D eigenvalue weighted by atomic mass is 32.2. The van der Waals surface area contributed by atoms with Crippen molar-refractivity contribution in [2.75, 3.05) is 19.4 Å². The van der Waals surface area contributed by atoms with Gasteiger partial charge < -0.3 is 14.4 Å². The largest absolute Gasteiger partial charge is 0.453 e. The number of ether oxygens (including phenoxy) is 2. The zero-order valence-corrected chi connectivity index (χ0v) is 14.1. The Morgan fingerprint density at radius 2 is 2.00 bits per heavy atom. The number of amides is 2. The molecule has 0 aliphatic carbocycles. The standard InChI is InChI=1S/C15H20N2O6S/c1-22-15(19)17-9-5-8-13(17)11-24(20,21)16-14(18)23-10-12-6-3-2-4-7-12/h2-4,6-7,13H,5,8-11H2,1H3,(H,16,18)/t13-/m0/s1. The van der Waals surface area contributed by atoms with Crippen molar-refractivity contribution in [3.8, 4) is 0 Å². The lowest BCUT2D eigenvalue weighted by molar-refractivity contribution is 0.122. The number of hydrogen-bond donors (Lipinski definition) is 1. The van der Waals surface area contributed by atoms with E-state index in [0.29, 0.717) is 19.4 Å².